The molecule has 1 fully saturated rings. The highest BCUT2D eigenvalue weighted by molar-refractivity contribution is 5.39. The Labute approximate surface area is 115 Å². The number of ether oxygens (including phenoxy) is 1. The van der Waals surface area contributed by atoms with Gasteiger partial charge in [0.1, 0.15) is 5.75 Å². The fourth-order valence-corrected chi connectivity index (χ4v) is 1.82. The van der Waals surface area contributed by atoms with Gasteiger partial charge in [0.15, 0.2) is 0 Å². The number of hydrogen-bond acceptors (Lipinski definition) is 2. The van der Waals surface area contributed by atoms with Gasteiger partial charge >= 0.3 is 6.18 Å². The second kappa shape index (κ2) is 6.43. The van der Waals surface area contributed by atoms with E-state index in [2.05, 4.69) is 5.32 Å². The molecule has 1 aromatic rings. The Hall–Kier alpha value is -1.30. The van der Waals surface area contributed by atoms with Crippen molar-refractivity contribution in [1.82, 2.24) is 5.32 Å². The van der Waals surface area contributed by atoms with Gasteiger partial charge in [0.05, 0.1) is 18.8 Å². The van der Waals surface area contributed by atoms with Gasteiger partial charge in [0, 0.05) is 19.0 Å². The molecule has 1 aromatic carbocycles. The van der Waals surface area contributed by atoms with Crippen molar-refractivity contribution in [2.45, 2.75) is 38.0 Å². The predicted octanol–water partition coefficient (Wildman–Crippen LogP) is 3.70. The smallest absolute Gasteiger partial charge is 0.419 e. The van der Waals surface area contributed by atoms with Crippen LogP contribution in [-0.2, 0) is 12.7 Å². The fourth-order valence-electron chi connectivity index (χ4n) is 1.82. The molecule has 0 radical (unpaired) electrons. The minimum Gasteiger partial charge on any atom is -0.493 e. The van der Waals surface area contributed by atoms with Crippen LogP contribution in [0.15, 0.2) is 18.2 Å². The summed E-state index contributed by atoms with van der Waals surface area (Å²) in [5.41, 5.74) is -0.228. The van der Waals surface area contributed by atoms with E-state index in [0.29, 0.717) is 18.2 Å². The Morgan fingerprint density at radius 2 is 2.00 bits per heavy atom. The Morgan fingerprint density at radius 1 is 1.25 bits per heavy atom. The Morgan fingerprint density at radius 3 is 2.60 bits per heavy atom. The van der Waals surface area contributed by atoms with Crippen molar-refractivity contribution in [1.29, 1.82) is 0 Å². The number of halogens is 4. The highest BCUT2D eigenvalue weighted by Gasteiger charge is 2.34. The fraction of sp³-hybridized carbons (Fsp3) is 0.571. The normalized spacial score (nSPS) is 15.4. The van der Waals surface area contributed by atoms with Crippen LogP contribution in [-0.4, -0.2) is 19.3 Å². The van der Waals surface area contributed by atoms with Crippen LogP contribution >= 0.6 is 0 Å². The molecule has 1 N–H and O–H groups in total. The molecule has 1 aliphatic rings. The van der Waals surface area contributed by atoms with E-state index in [1.165, 1.54) is 6.07 Å². The molecule has 0 atom stereocenters. The maximum Gasteiger partial charge on any atom is 0.419 e. The van der Waals surface area contributed by atoms with Crippen LogP contribution in [0.25, 0.3) is 0 Å². The quantitative estimate of drug-likeness (QED) is 0.611. The van der Waals surface area contributed by atoms with E-state index in [1.807, 2.05) is 0 Å². The summed E-state index contributed by atoms with van der Waals surface area (Å²) in [5, 5.41) is 3.17. The second-order valence-corrected chi connectivity index (χ2v) is 4.87. The first-order valence-corrected chi connectivity index (χ1v) is 6.63. The largest absolute Gasteiger partial charge is 0.493 e. The van der Waals surface area contributed by atoms with Crippen LogP contribution in [0.1, 0.15) is 30.4 Å². The predicted molar refractivity (Wildman–Crippen MR) is 67.4 cm³/mol. The minimum atomic E-state index is -4.47. The van der Waals surface area contributed by atoms with Crippen molar-refractivity contribution in [3.8, 4) is 5.75 Å². The molecular weight excluding hydrogens is 274 g/mol. The monoisotopic (exact) mass is 291 g/mol. The summed E-state index contributed by atoms with van der Waals surface area (Å²) in [6.45, 7) is -0.248. The van der Waals surface area contributed by atoms with Gasteiger partial charge in [-0.1, -0.05) is 6.07 Å². The summed E-state index contributed by atoms with van der Waals surface area (Å²) in [6.07, 6.45) is -2.23. The number of hydrogen-bond donors (Lipinski definition) is 1. The third-order valence-electron chi connectivity index (χ3n) is 3.06. The van der Waals surface area contributed by atoms with Crippen molar-refractivity contribution in [3.63, 3.8) is 0 Å². The summed E-state index contributed by atoms with van der Waals surface area (Å²) < 4.78 is 55.9. The maximum absolute atomic E-state index is 13.0. The van der Waals surface area contributed by atoms with Gasteiger partial charge in [-0.05, 0) is 30.5 Å². The van der Waals surface area contributed by atoms with Crippen LogP contribution in [0.5, 0.6) is 5.75 Å². The summed E-state index contributed by atoms with van der Waals surface area (Å²) in [6, 6.07) is 4.45. The van der Waals surface area contributed by atoms with E-state index >= 15 is 0 Å². The molecule has 112 valence electrons. The Bertz CT molecular complexity index is 443. The van der Waals surface area contributed by atoms with Crippen LogP contribution in [0.2, 0.25) is 0 Å². The minimum absolute atomic E-state index is 0.0563. The van der Waals surface area contributed by atoms with Crippen molar-refractivity contribution < 1.29 is 22.3 Å². The van der Waals surface area contributed by atoms with Gasteiger partial charge in [0.2, 0.25) is 0 Å². The van der Waals surface area contributed by atoms with E-state index in [-0.39, 0.29) is 18.8 Å². The third-order valence-corrected chi connectivity index (χ3v) is 3.06. The summed E-state index contributed by atoms with van der Waals surface area (Å²) in [5.74, 6) is -0.235. The summed E-state index contributed by atoms with van der Waals surface area (Å²) >= 11 is 0. The molecule has 1 aliphatic carbocycles. The van der Waals surface area contributed by atoms with Gasteiger partial charge < -0.3 is 10.1 Å². The topological polar surface area (TPSA) is 21.3 Å². The lowest BCUT2D eigenvalue weighted by Gasteiger charge is -2.15. The molecule has 0 unspecified atom stereocenters. The van der Waals surface area contributed by atoms with Gasteiger partial charge in [-0.25, -0.2) is 0 Å². The van der Waals surface area contributed by atoms with Crippen LogP contribution in [0, 0.1) is 0 Å². The lowest BCUT2D eigenvalue weighted by atomic mass is 10.1. The zero-order valence-electron chi connectivity index (χ0n) is 11.0. The Kier molecular flexibility index (Phi) is 4.86. The number of alkyl halides is 4. The molecule has 2 rings (SSSR count). The number of benzene rings is 1. The highest BCUT2D eigenvalue weighted by atomic mass is 19.4. The second-order valence-electron chi connectivity index (χ2n) is 4.87. The van der Waals surface area contributed by atoms with Gasteiger partial charge in [-0.15, -0.1) is 0 Å². The molecular formula is C14H17F4NO. The first kappa shape index (κ1) is 15.1. The first-order chi connectivity index (χ1) is 9.50. The molecule has 0 amide bonds. The number of nitrogens with one attached hydrogen (secondary N) is 1. The molecule has 0 heterocycles. The zero-order chi connectivity index (χ0) is 14.6. The van der Waals surface area contributed by atoms with E-state index in [4.69, 9.17) is 4.74 Å². The van der Waals surface area contributed by atoms with E-state index in [0.717, 1.165) is 18.9 Å². The lowest BCUT2D eigenvalue weighted by molar-refractivity contribution is -0.139. The summed E-state index contributed by atoms with van der Waals surface area (Å²) in [7, 11) is 0. The molecule has 1 saturated carbocycles. The standard InChI is InChI=1S/C14H17F4NO/c15-6-1-7-20-13-5-2-10(9-19-11-3-4-11)8-12(13)14(16,17)18/h2,5,8,11,19H,1,3-4,6-7,9H2. The molecule has 0 spiro atoms. The first-order valence-electron chi connectivity index (χ1n) is 6.63. The van der Waals surface area contributed by atoms with Crippen LogP contribution < -0.4 is 10.1 Å². The molecule has 0 aromatic heterocycles. The van der Waals surface area contributed by atoms with Gasteiger partial charge in [-0.3, -0.25) is 4.39 Å². The van der Waals surface area contributed by atoms with Crippen LogP contribution in [0.4, 0.5) is 17.6 Å². The van der Waals surface area contributed by atoms with Crippen molar-refractivity contribution in [2.24, 2.45) is 0 Å². The van der Waals surface area contributed by atoms with Crippen molar-refractivity contribution >= 4 is 0 Å². The highest BCUT2D eigenvalue weighted by Crippen LogP contribution is 2.37. The molecule has 0 aliphatic heterocycles. The van der Waals surface area contributed by atoms with E-state index < -0.39 is 18.4 Å². The molecule has 6 heteroatoms. The molecule has 20 heavy (non-hydrogen) atoms. The maximum atomic E-state index is 13.0. The molecule has 0 saturated heterocycles. The SMILES string of the molecule is FCCCOc1ccc(CNC2CC2)cc1C(F)(F)F. The van der Waals surface area contributed by atoms with Gasteiger partial charge in [0.25, 0.3) is 0 Å². The van der Waals surface area contributed by atoms with E-state index in [9.17, 15) is 17.6 Å². The number of rotatable bonds is 7. The van der Waals surface area contributed by atoms with E-state index in [1.54, 1.807) is 6.07 Å². The molecule has 0 bridgehead atoms. The van der Waals surface area contributed by atoms with Gasteiger partial charge in [-0.2, -0.15) is 13.2 Å². The average Bonchev–Trinajstić information content (AvgIpc) is 3.20. The van der Waals surface area contributed by atoms with Crippen molar-refractivity contribution in [3.05, 3.63) is 29.3 Å². The molecule has 2 nitrogen and oxygen atoms in total. The summed E-state index contributed by atoms with van der Waals surface area (Å²) in [4.78, 5) is 0. The van der Waals surface area contributed by atoms with Crippen molar-refractivity contribution in [2.75, 3.05) is 13.3 Å². The lowest BCUT2D eigenvalue weighted by Crippen LogP contribution is -2.16. The third kappa shape index (κ3) is 4.37. The zero-order valence-corrected chi connectivity index (χ0v) is 11.0. The van der Waals surface area contributed by atoms with Crippen LogP contribution in [0.3, 0.4) is 0 Å². The Balaban J connectivity index is 2.09. The average molecular weight is 291 g/mol.